The standard InChI is InChI=1S/C17H17ClN2O5S/c1-25-17(22)16(12-5-3-2-4-6-12)20-15(21)11-19-26(23,24)14-9-7-13(18)8-10-14/h2-10,16,19H,11H2,1H3,(H,20,21)/t16-/m1/s1. The molecule has 0 aliphatic rings. The Hall–Kier alpha value is -2.42. The van der Waals surface area contributed by atoms with E-state index in [2.05, 4.69) is 14.8 Å². The molecule has 0 unspecified atom stereocenters. The molecule has 2 aromatic carbocycles. The number of hydrogen-bond acceptors (Lipinski definition) is 5. The van der Waals surface area contributed by atoms with E-state index in [1.54, 1.807) is 30.3 Å². The van der Waals surface area contributed by atoms with Gasteiger partial charge in [-0.25, -0.2) is 17.9 Å². The van der Waals surface area contributed by atoms with E-state index < -0.39 is 34.5 Å². The van der Waals surface area contributed by atoms with Crippen molar-refractivity contribution in [1.82, 2.24) is 10.0 Å². The minimum Gasteiger partial charge on any atom is -0.467 e. The summed E-state index contributed by atoms with van der Waals surface area (Å²) < 4.78 is 31.2. The second-order valence-corrected chi connectivity index (χ2v) is 7.42. The van der Waals surface area contributed by atoms with Crippen LogP contribution in [0.2, 0.25) is 5.02 Å². The van der Waals surface area contributed by atoms with Crippen LogP contribution in [0.3, 0.4) is 0 Å². The summed E-state index contributed by atoms with van der Waals surface area (Å²) in [6, 6.07) is 13.0. The first-order valence-corrected chi connectivity index (χ1v) is 9.37. The summed E-state index contributed by atoms with van der Waals surface area (Å²) in [6.45, 7) is -0.536. The van der Waals surface area contributed by atoms with E-state index >= 15 is 0 Å². The summed E-state index contributed by atoms with van der Waals surface area (Å²) in [6.07, 6.45) is 0. The van der Waals surface area contributed by atoms with Crippen molar-refractivity contribution in [1.29, 1.82) is 0 Å². The number of benzene rings is 2. The number of rotatable bonds is 7. The summed E-state index contributed by atoms with van der Waals surface area (Å²) in [7, 11) is -2.68. The maximum atomic E-state index is 12.2. The molecule has 0 aliphatic heterocycles. The number of carbonyl (C=O) groups excluding carboxylic acids is 2. The fourth-order valence-electron chi connectivity index (χ4n) is 2.11. The average Bonchev–Trinajstić information content (AvgIpc) is 2.65. The molecule has 1 amide bonds. The van der Waals surface area contributed by atoms with Gasteiger partial charge in [-0.15, -0.1) is 0 Å². The third kappa shape index (κ3) is 5.29. The highest BCUT2D eigenvalue weighted by molar-refractivity contribution is 7.89. The molecule has 0 heterocycles. The Morgan fingerprint density at radius 2 is 1.69 bits per heavy atom. The molecule has 1 atom stereocenters. The van der Waals surface area contributed by atoms with Gasteiger partial charge in [-0.2, -0.15) is 0 Å². The number of amides is 1. The van der Waals surface area contributed by atoms with Crippen LogP contribution in [0.15, 0.2) is 59.5 Å². The van der Waals surface area contributed by atoms with Crippen LogP contribution in [0.5, 0.6) is 0 Å². The van der Waals surface area contributed by atoms with Crippen LogP contribution in [0.1, 0.15) is 11.6 Å². The molecule has 138 valence electrons. The van der Waals surface area contributed by atoms with E-state index in [1.807, 2.05) is 0 Å². The van der Waals surface area contributed by atoms with Crippen molar-refractivity contribution in [2.45, 2.75) is 10.9 Å². The van der Waals surface area contributed by atoms with Crippen LogP contribution < -0.4 is 10.0 Å². The van der Waals surface area contributed by atoms with Crippen molar-refractivity contribution in [3.05, 3.63) is 65.2 Å². The Kier molecular flexibility index (Phi) is 6.73. The fourth-order valence-corrected chi connectivity index (χ4v) is 3.22. The van der Waals surface area contributed by atoms with E-state index in [4.69, 9.17) is 11.6 Å². The fraction of sp³-hybridized carbons (Fsp3) is 0.176. The predicted molar refractivity (Wildman–Crippen MR) is 96.0 cm³/mol. The first kappa shape index (κ1) is 19.9. The molecule has 0 fully saturated rings. The largest absolute Gasteiger partial charge is 0.467 e. The Labute approximate surface area is 156 Å². The number of nitrogens with one attached hydrogen (secondary N) is 2. The molecule has 0 spiro atoms. The van der Waals surface area contributed by atoms with Crippen molar-refractivity contribution in [2.75, 3.05) is 13.7 Å². The molecular weight excluding hydrogens is 380 g/mol. The summed E-state index contributed by atoms with van der Waals surface area (Å²) >= 11 is 5.73. The first-order chi connectivity index (χ1) is 12.3. The van der Waals surface area contributed by atoms with Gasteiger partial charge in [-0.05, 0) is 29.8 Å². The zero-order valence-corrected chi connectivity index (χ0v) is 15.4. The van der Waals surface area contributed by atoms with Crippen LogP contribution in [-0.2, 0) is 24.3 Å². The highest BCUT2D eigenvalue weighted by Crippen LogP contribution is 2.15. The van der Waals surface area contributed by atoms with E-state index in [0.717, 1.165) is 0 Å². The number of sulfonamides is 1. The molecule has 9 heteroatoms. The normalized spacial score (nSPS) is 12.2. The third-order valence-electron chi connectivity index (χ3n) is 3.42. The van der Waals surface area contributed by atoms with Gasteiger partial charge in [-0.1, -0.05) is 41.9 Å². The van der Waals surface area contributed by atoms with Crippen molar-refractivity contribution in [3.8, 4) is 0 Å². The van der Waals surface area contributed by atoms with Crippen molar-refractivity contribution in [2.24, 2.45) is 0 Å². The lowest BCUT2D eigenvalue weighted by molar-refractivity contribution is -0.145. The van der Waals surface area contributed by atoms with Crippen molar-refractivity contribution >= 4 is 33.5 Å². The van der Waals surface area contributed by atoms with Gasteiger partial charge in [0.2, 0.25) is 15.9 Å². The molecule has 2 N–H and O–H groups in total. The Morgan fingerprint density at radius 3 is 2.27 bits per heavy atom. The molecule has 0 bridgehead atoms. The lowest BCUT2D eigenvalue weighted by Crippen LogP contribution is -2.41. The van der Waals surface area contributed by atoms with Crippen LogP contribution in [0.25, 0.3) is 0 Å². The molecular formula is C17H17ClN2O5S. The van der Waals surface area contributed by atoms with E-state index in [9.17, 15) is 18.0 Å². The summed E-state index contributed by atoms with van der Waals surface area (Å²) in [5.74, 6) is -1.34. The van der Waals surface area contributed by atoms with Crippen LogP contribution in [-0.4, -0.2) is 33.9 Å². The number of hydrogen-bond donors (Lipinski definition) is 2. The minimum atomic E-state index is -3.88. The van der Waals surface area contributed by atoms with Gasteiger partial charge < -0.3 is 10.1 Å². The van der Waals surface area contributed by atoms with Gasteiger partial charge >= 0.3 is 5.97 Å². The molecule has 7 nitrogen and oxygen atoms in total. The SMILES string of the molecule is COC(=O)[C@H](NC(=O)CNS(=O)(=O)c1ccc(Cl)cc1)c1ccccc1. The number of halogens is 1. The molecule has 0 aromatic heterocycles. The molecule has 0 saturated carbocycles. The number of esters is 1. The quantitative estimate of drug-likeness (QED) is 0.693. The van der Waals surface area contributed by atoms with Gasteiger partial charge in [-0.3, -0.25) is 4.79 Å². The Balaban J connectivity index is 2.04. The van der Waals surface area contributed by atoms with Crippen LogP contribution >= 0.6 is 11.6 Å². The molecule has 2 rings (SSSR count). The highest BCUT2D eigenvalue weighted by Gasteiger charge is 2.24. The zero-order chi connectivity index (χ0) is 19.2. The third-order valence-corrected chi connectivity index (χ3v) is 5.09. The summed E-state index contributed by atoms with van der Waals surface area (Å²) in [5.41, 5.74) is 0.522. The minimum absolute atomic E-state index is 0.0257. The maximum absolute atomic E-state index is 12.2. The summed E-state index contributed by atoms with van der Waals surface area (Å²) in [4.78, 5) is 24.0. The molecule has 26 heavy (non-hydrogen) atoms. The summed E-state index contributed by atoms with van der Waals surface area (Å²) in [5, 5.41) is 2.85. The van der Waals surface area contributed by atoms with Gasteiger partial charge in [0.15, 0.2) is 6.04 Å². The number of ether oxygens (including phenoxy) is 1. The predicted octanol–water partition coefficient (Wildman–Crippen LogP) is 1.65. The monoisotopic (exact) mass is 396 g/mol. The molecule has 0 saturated heterocycles. The highest BCUT2D eigenvalue weighted by atomic mass is 35.5. The topological polar surface area (TPSA) is 102 Å². The lowest BCUT2D eigenvalue weighted by Gasteiger charge is -2.17. The number of carbonyl (C=O) groups is 2. The van der Waals surface area contributed by atoms with Crippen LogP contribution in [0, 0.1) is 0 Å². The second-order valence-electron chi connectivity index (χ2n) is 5.21. The Morgan fingerprint density at radius 1 is 1.08 bits per heavy atom. The zero-order valence-electron chi connectivity index (χ0n) is 13.8. The van der Waals surface area contributed by atoms with Gasteiger partial charge in [0, 0.05) is 5.02 Å². The maximum Gasteiger partial charge on any atom is 0.333 e. The van der Waals surface area contributed by atoms with E-state index in [1.165, 1.54) is 31.4 Å². The molecule has 2 aromatic rings. The van der Waals surface area contributed by atoms with E-state index in [-0.39, 0.29) is 4.90 Å². The van der Waals surface area contributed by atoms with Crippen LogP contribution in [0.4, 0.5) is 0 Å². The smallest absolute Gasteiger partial charge is 0.333 e. The Bertz CT molecular complexity index is 870. The first-order valence-electron chi connectivity index (χ1n) is 7.51. The average molecular weight is 397 g/mol. The van der Waals surface area contributed by atoms with Crippen molar-refractivity contribution in [3.63, 3.8) is 0 Å². The number of methoxy groups -OCH3 is 1. The lowest BCUT2D eigenvalue weighted by atomic mass is 10.1. The van der Waals surface area contributed by atoms with Gasteiger partial charge in [0.25, 0.3) is 0 Å². The molecule has 0 aliphatic carbocycles. The van der Waals surface area contributed by atoms with Crippen molar-refractivity contribution < 1.29 is 22.7 Å². The molecule has 0 radical (unpaired) electrons. The second kappa shape index (κ2) is 8.79. The van der Waals surface area contributed by atoms with Gasteiger partial charge in [0.05, 0.1) is 18.6 Å². The van der Waals surface area contributed by atoms with Gasteiger partial charge in [0.1, 0.15) is 0 Å². The van der Waals surface area contributed by atoms with E-state index in [0.29, 0.717) is 10.6 Å².